The Balaban J connectivity index is 1.56. The molecule has 206 valence electrons. The third-order valence-electron chi connectivity index (χ3n) is 6.95. The predicted octanol–water partition coefficient (Wildman–Crippen LogP) is 5.29. The van der Waals surface area contributed by atoms with Crippen LogP contribution < -0.4 is 10.1 Å². The fraction of sp³-hybridized carbons (Fsp3) is 0.552. The molecule has 1 aliphatic carbocycles. The summed E-state index contributed by atoms with van der Waals surface area (Å²) in [6.45, 7) is 12.2. The minimum Gasteiger partial charge on any atom is -0.482 e. The van der Waals surface area contributed by atoms with E-state index in [0.717, 1.165) is 14.8 Å². The number of hydrogen-bond donors (Lipinski definition) is 1. The topological polar surface area (TPSA) is 84.0 Å². The van der Waals surface area contributed by atoms with Crippen LogP contribution in [0.2, 0.25) is 0 Å². The van der Waals surface area contributed by atoms with Crippen molar-refractivity contribution in [3.63, 3.8) is 0 Å². The van der Waals surface area contributed by atoms with Crippen LogP contribution in [-0.2, 0) is 4.74 Å². The molecule has 1 saturated carbocycles. The van der Waals surface area contributed by atoms with Gasteiger partial charge in [-0.1, -0.05) is 6.07 Å². The van der Waals surface area contributed by atoms with Crippen LogP contribution in [0.3, 0.4) is 0 Å². The molecule has 38 heavy (non-hydrogen) atoms. The van der Waals surface area contributed by atoms with E-state index in [2.05, 4.69) is 44.9 Å². The number of aryl methyl sites for hydroxylation is 1. The molecule has 1 aromatic carbocycles. The molecule has 2 amide bonds. The molecule has 2 aromatic rings. The van der Waals surface area contributed by atoms with Crippen molar-refractivity contribution in [3.05, 3.63) is 56.4 Å². The van der Waals surface area contributed by atoms with E-state index in [4.69, 9.17) is 14.5 Å². The maximum atomic E-state index is 12.7. The normalized spacial score (nSPS) is 19.1. The molecule has 0 radical (unpaired) electrons. The summed E-state index contributed by atoms with van der Waals surface area (Å²) in [5, 5.41) is 2.73. The Bertz CT molecular complexity index is 1160. The van der Waals surface area contributed by atoms with Crippen molar-refractivity contribution in [1.82, 2.24) is 20.1 Å². The molecule has 2 heterocycles. The Morgan fingerprint density at radius 2 is 1.95 bits per heavy atom. The first-order valence-electron chi connectivity index (χ1n) is 13.3. The molecule has 4 rings (SSSR count). The first kappa shape index (κ1) is 28.6. The van der Waals surface area contributed by atoms with E-state index >= 15 is 0 Å². The van der Waals surface area contributed by atoms with Crippen LogP contribution in [0.15, 0.2) is 30.5 Å². The summed E-state index contributed by atoms with van der Waals surface area (Å²) >= 11 is 2.24. The van der Waals surface area contributed by atoms with E-state index in [1.54, 1.807) is 11.9 Å². The van der Waals surface area contributed by atoms with Crippen molar-refractivity contribution in [2.24, 2.45) is 0 Å². The molecule has 2 fully saturated rings. The lowest BCUT2D eigenvalue weighted by atomic mass is 10.1. The fourth-order valence-electron chi connectivity index (χ4n) is 4.70. The van der Waals surface area contributed by atoms with Crippen LogP contribution in [0, 0.1) is 10.5 Å². The van der Waals surface area contributed by atoms with Crippen LogP contribution in [0.4, 0.5) is 4.79 Å². The number of pyridine rings is 1. The molecule has 0 bridgehead atoms. The van der Waals surface area contributed by atoms with Crippen molar-refractivity contribution in [1.29, 1.82) is 0 Å². The number of piperazine rings is 1. The van der Waals surface area contributed by atoms with Gasteiger partial charge in [0.2, 0.25) is 0 Å². The molecule has 2 aliphatic rings. The smallest absolute Gasteiger partial charge is 0.410 e. The van der Waals surface area contributed by atoms with Crippen molar-refractivity contribution in [2.75, 3.05) is 33.2 Å². The number of ether oxygens (including phenoxy) is 2. The van der Waals surface area contributed by atoms with E-state index in [1.165, 1.54) is 18.4 Å². The van der Waals surface area contributed by atoms with E-state index in [1.807, 2.05) is 52.9 Å². The van der Waals surface area contributed by atoms with E-state index in [9.17, 15) is 9.59 Å². The molecule has 1 saturated heterocycles. The lowest BCUT2D eigenvalue weighted by molar-refractivity contribution is -0.00316. The Morgan fingerprint density at radius 3 is 2.53 bits per heavy atom. The van der Waals surface area contributed by atoms with Crippen LogP contribution in [0.1, 0.15) is 79.7 Å². The predicted molar refractivity (Wildman–Crippen MR) is 156 cm³/mol. The Labute approximate surface area is 239 Å². The number of benzene rings is 1. The maximum absolute atomic E-state index is 12.7. The summed E-state index contributed by atoms with van der Waals surface area (Å²) in [6.07, 6.45) is 3.74. The van der Waals surface area contributed by atoms with Gasteiger partial charge in [-0.2, -0.15) is 0 Å². The number of nitrogens with zero attached hydrogens (tertiary/aromatic N) is 3. The minimum atomic E-state index is -0.528. The van der Waals surface area contributed by atoms with Gasteiger partial charge < -0.3 is 19.7 Å². The number of nitrogens with one attached hydrogen (secondary N) is 1. The van der Waals surface area contributed by atoms with Gasteiger partial charge in [0.15, 0.2) is 6.10 Å². The molecule has 1 aliphatic heterocycles. The van der Waals surface area contributed by atoms with Gasteiger partial charge in [0.1, 0.15) is 11.4 Å². The summed E-state index contributed by atoms with van der Waals surface area (Å²) in [5.74, 6) is 0.977. The maximum Gasteiger partial charge on any atom is 0.410 e. The lowest BCUT2D eigenvalue weighted by Crippen LogP contribution is -2.55. The lowest BCUT2D eigenvalue weighted by Gasteiger charge is -2.41. The molecular weight excluding hydrogens is 595 g/mol. The molecule has 0 unspecified atom stereocenters. The van der Waals surface area contributed by atoms with Crippen molar-refractivity contribution < 1.29 is 19.1 Å². The Kier molecular flexibility index (Phi) is 8.86. The molecule has 1 N–H and O–H groups in total. The fourth-order valence-corrected chi connectivity index (χ4v) is 5.17. The van der Waals surface area contributed by atoms with Crippen LogP contribution in [-0.4, -0.2) is 71.7 Å². The zero-order valence-electron chi connectivity index (χ0n) is 23.2. The van der Waals surface area contributed by atoms with E-state index < -0.39 is 5.60 Å². The zero-order chi connectivity index (χ0) is 27.6. The molecule has 8 nitrogen and oxygen atoms in total. The number of halogens is 1. The number of rotatable bonds is 7. The number of hydrogen-bond acceptors (Lipinski definition) is 6. The van der Waals surface area contributed by atoms with Gasteiger partial charge >= 0.3 is 6.09 Å². The van der Waals surface area contributed by atoms with Crippen LogP contribution in [0.5, 0.6) is 5.75 Å². The summed E-state index contributed by atoms with van der Waals surface area (Å²) in [4.78, 5) is 34.3. The molecular formula is C29H39IN4O4. The zero-order valence-corrected chi connectivity index (χ0v) is 25.4. The van der Waals surface area contributed by atoms with Gasteiger partial charge in [-0.3, -0.25) is 14.7 Å². The van der Waals surface area contributed by atoms with E-state index in [0.29, 0.717) is 43.4 Å². The van der Waals surface area contributed by atoms with Gasteiger partial charge in [0, 0.05) is 49.0 Å². The summed E-state index contributed by atoms with van der Waals surface area (Å²) in [6, 6.07) is 8.00. The second-order valence-corrected chi connectivity index (χ2v) is 12.5. The summed E-state index contributed by atoms with van der Waals surface area (Å²) < 4.78 is 13.2. The third kappa shape index (κ3) is 7.16. The van der Waals surface area contributed by atoms with Gasteiger partial charge in [-0.05, 0) is 105 Å². The summed E-state index contributed by atoms with van der Waals surface area (Å²) in [7, 11) is 1.63. The largest absolute Gasteiger partial charge is 0.482 e. The first-order chi connectivity index (χ1) is 17.9. The Hall–Kier alpha value is -2.40. The van der Waals surface area contributed by atoms with Crippen molar-refractivity contribution in [3.8, 4) is 5.75 Å². The minimum absolute atomic E-state index is 0.00794. The standard InChI is InChI=1S/C29H39IN4O4/c1-18-13-25(22(14-23(18)30)27(35)31-6)37-26(24-10-9-21(15-32-24)20-7-8-20)17-33-11-12-34(19(2)16-33)28(36)38-29(3,4)5/h9-10,13-15,19-20,26H,7-8,11-12,16-17H2,1-6H3,(H,31,35)/t19-,26-/m1/s1. The van der Waals surface area contributed by atoms with Crippen molar-refractivity contribution in [2.45, 2.75) is 71.1 Å². The Morgan fingerprint density at radius 1 is 1.21 bits per heavy atom. The van der Waals surface area contributed by atoms with Gasteiger partial charge in [-0.25, -0.2) is 4.79 Å². The van der Waals surface area contributed by atoms with Crippen LogP contribution in [0.25, 0.3) is 0 Å². The molecule has 9 heteroatoms. The average Bonchev–Trinajstić information content (AvgIpc) is 3.70. The number of amides is 2. The molecule has 0 spiro atoms. The molecule has 2 atom stereocenters. The monoisotopic (exact) mass is 634 g/mol. The quantitative estimate of drug-likeness (QED) is 0.417. The highest BCUT2D eigenvalue weighted by Gasteiger charge is 2.33. The first-order valence-corrected chi connectivity index (χ1v) is 14.4. The van der Waals surface area contributed by atoms with Gasteiger partial charge in [0.25, 0.3) is 5.91 Å². The highest BCUT2D eigenvalue weighted by Crippen LogP contribution is 2.40. The summed E-state index contributed by atoms with van der Waals surface area (Å²) in [5.41, 5.74) is 3.12. The number of carbonyl (C=O) groups excluding carboxylic acids is 2. The molecule has 1 aromatic heterocycles. The highest BCUT2D eigenvalue weighted by atomic mass is 127. The van der Waals surface area contributed by atoms with Crippen LogP contribution >= 0.6 is 22.6 Å². The SMILES string of the molecule is CNC(=O)c1cc(I)c(C)cc1O[C@H](CN1CCN(C(=O)OC(C)(C)C)[C@H](C)C1)c1ccc(C2CC2)cn1. The second kappa shape index (κ2) is 11.8. The number of aromatic nitrogens is 1. The van der Waals surface area contributed by atoms with Gasteiger partial charge in [-0.15, -0.1) is 0 Å². The average molecular weight is 635 g/mol. The van der Waals surface area contributed by atoms with Gasteiger partial charge in [0.05, 0.1) is 11.3 Å². The van der Waals surface area contributed by atoms with E-state index in [-0.39, 0.29) is 24.1 Å². The highest BCUT2D eigenvalue weighted by molar-refractivity contribution is 14.1. The second-order valence-electron chi connectivity index (χ2n) is 11.4. The third-order valence-corrected chi connectivity index (χ3v) is 8.12. The van der Waals surface area contributed by atoms with Crippen molar-refractivity contribution >= 4 is 34.6 Å². The number of carbonyl (C=O) groups is 2.